The van der Waals surface area contributed by atoms with Crippen molar-refractivity contribution in [3.05, 3.63) is 60.9 Å². The lowest BCUT2D eigenvalue weighted by atomic mass is 10.2. The Hall–Kier alpha value is -3.92. The molecular weight excluding hydrogens is 402 g/mol. The van der Waals surface area contributed by atoms with Crippen LogP contribution in [0.3, 0.4) is 0 Å². The standard InChI is InChI=1S/C20H17N7O2S/c1-30(28,29)15-6-4-13(5-7-15)24-20-25-18-16(8-9-21-18)19(26-20)23-14-3-2-12-11-22-27-17(12)10-14/h2-11H,1H3,(H,22,27)(H3,21,23,24,25,26). The van der Waals surface area contributed by atoms with Crippen molar-refractivity contribution in [2.75, 3.05) is 16.9 Å². The topological polar surface area (TPSA) is 128 Å². The zero-order valence-corrected chi connectivity index (χ0v) is 16.7. The van der Waals surface area contributed by atoms with Crippen LogP contribution in [0, 0.1) is 0 Å². The van der Waals surface area contributed by atoms with Crippen molar-refractivity contribution in [1.82, 2.24) is 25.1 Å². The summed E-state index contributed by atoms with van der Waals surface area (Å²) in [4.78, 5) is 12.5. The Bertz CT molecular complexity index is 1470. The van der Waals surface area contributed by atoms with E-state index in [-0.39, 0.29) is 4.90 Å². The molecule has 0 spiro atoms. The molecule has 3 heterocycles. The molecule has 150 valence electrons. The zero-order valence-electron chi connectivity index (χ0n) is 15.8. The minimum Gasteiger partial charge on any atom is -0.346 e. The highest BCUT2D eigenvalue weighted by atomic mass is 32.2. The second-order valence-electron chi connectivity index (χ2n) is 6.85. The van der Waals surface area contributed by atoms with Gasteiger partial charge in [-0.25, -0.2) is 8.42 Å². The fourth-order valence-electron chi connectivity index (χ4n) is 3.16. The first-order valence-corrected chi connectivity index (χ1v) is 11.0. The van der Waals surface area contributed by atoms with Gasteiger partial charge in [0.1, 0.15) is 11.5 Å². The Labute approximate surface area is 171 Å². The minimum atomic E-state index is -3.25. The highest BCUT2D eigenvalue weighted by Gasteiger charge is 2.11. The number of sulfone groups is 1. The summed E-state index contributed by atoms with van der Waals surface area (Å²) in [6.07, 6.45) is 4.74. The van der Waals surface area contributed by atoms with E-state index in [0.29, 0.717) is 23.1 Å². The van der Waals surface area contributed by atoms with E-state index in [2.05, 4.69) is 35.8 Å². The van der Waals surface area contributed by atoms with E-state index in [1.165, 1.54) is 6.26 Å². The Kier molecular flexibility index (Phi) is 4.14. The molecule has 3 aromatic heterocycles. The number of fused-ring (bicyclic) bond motifs is 2. The first-order chi connectivity index (χ1) is 14.5. The van der Waals surface area contributed by atoms with Crippen LogP contribution in [-0.4, -0.2) is 39.8 Å². The predicted molar refractivity (Wildman–Crippen MR) is 116 cm³/mol. The molecule has 30 heavy (non-hydrogen) atoms. The second kappa shape index (κ2) is 6.85. The van der Waals surface area contributed by atoms with Gasteiger partial charge in [0.15, 0.2) is 9.84 Å². The summed E-state index contributed by atoms with van der Waals surface area (Å²) in [5.41, 5.74) is 3.13. The van der Waals surface area contributed by atoms with E-state index in [1.54, 1.807) is 36.7 Å². The maximum Gasteiger partial charge on any atom is 0.231 e. The number of rotatable bonds is 5. The Balaban J connectivity index is 1.48. The largest absolute Gasteiger partial charge is 0.346 e. The molecule has 0 atom stereocenters. The van der Waals surface area contributed by atoms with Crippen molar-refractivity contribution in [2.24, 2.45) is 0 Å². The highest BCUT2D eigenvalue weighted by molar-refractivity contribution is 7.90. The van der Waals surface area contributed by atoms with Crippen molar-refractivity contribution in [3.8, 4) is 0 Å². The van der Waals surface area contributed by atoms with Gasteiger partial charge in [0, 0.05) is 29.2 Å². The van der Waals surface area contributed by atoms with Crippen LogP contribution in [0.15, 0.2) is 65.8 Å². The maximum atomic E-state index is 11.6. The molecule has 0 radical (unpaired) electrons. The lowest BCUT2D eigenvalue weighted by molar-refractivity contribution is 0.602. The number of aromatic amines is 2. The summed E-state index contributed by atoms with van der Waals surface area (Å²) < 4.78 is 23.3. The van der Waals surface area contributed by atoms with Crippen molar-refractivity contribution < 1.29 is 8.42 Å². The van der Waals surface area contributed by atoms with Crippen LogP contribution >= 0.6 is 0 Å². The van der Waals surface area contributed by atoms with Crippen molar-refractivity contribution in [2.45, 2.75) is 4.90 Å². The van der Waals surface area contributed by atoms with E-state index in [4.69, 9.17) is 0 Å². The summed E-state index contributed by atoms with van der Waals surface area (Å²) in [7, 11) is -3.25. The molecule has 5 aromatic rings. The fourth-order valence-corrected chi connectivity index (χ4v) is 3.79. The lowest BCUT2D eigenvalue weighted by Gasteiger charge is -2.10. The van der Waals surface area contributed by atoms with E-state index in [1.807, 2.05) is 24.3 Å². The average molecular weight is 419 g/mol. The molecule has 0 aliphatic carbocycles. The van der Waals surface area contributed by atoms with Crippen molar-refractivity contribution >= 4 is 54.9 Å². The van der Waals surface area contributed by atoms with Gasteiger partial charge in [-0.05, 0) is 48.5 Å². The molecule has 9 nitrogen and oxygen atoms in total. The van der Waals surface area contributed by atoms with Crippen molar-refractivity contribution in [1.29, 1.82) is 0 Å². The van der Waals surface area contributed by atoms with Crippen molar-refractivity contribution in [3.63, 3.8) is 0 Å². The molecule has 0 fully saturated rings. The van der Waals surface area contributed by atoms with E-state index >= 15 is 0 Å². The molecule has 0 bridgehead atoms. The molecule has 0 amide bonds. The molecule has 0 aliphatic heterocycles. The third kappa shape index (κ3) is 3.44. The monoisotopic (exact) mass is 419 g/mol. The summed E-state index contributed by atoms with van der Waals surface area (Å²) in [5, 5.41) is 15.3. The van der Waals surface area contributed by atoms with E-state index in [0.717, 1.165) is 22.0 Å². The van der Waals surface area contributed by atoms with Crippen LogP contribution in [-0.2, 0) is 9.84 Å². The van der Waals surface area contributed by atoms with Gasteiger partial charge >= 0.3 is 0 Å². The molecule has 2 aromatic carbocycles. The van der Waals surface area contributed by atoms with E-state index in [9.17, 15) is 8.42 Å². The summed E-state index contributed by atoms with van der Waals surface area (Å²) in [5.74, 6) is 1.01. The minimum absolute atomic E-state index is 0.255. The first-order valence-electron chi connectivity index (χ1n) is 9.08. The summed E-state index contributed by atoms with van der Waals surface area (Å²) >= 11 is 0. The van der Waals surface area contributed by atoms with Crippen LogP contribution < -0.4 is 10.6 Å². The fraction of sp³-hybridized carbons (Fsp3) is 0.0500. The number of nitrogens with one attached hydrogen (secondary N) is 4. The zero-order chi connectivity index (χ0) is 20.7. The van der Waals surface area contributed by atoms with Crippen LogP contribution in [0.5, 0.6) is 0 Å². The molecule has 0 saturated carbocycles. The molecule has 10 heteroatoms. The Morgan fingerprint density at radius 2 is 1.73 bits per heavy atom. The lowest BCUT2D eigenvalue weighted by Crippen LogP contribution is -2.02. The molecule has 0 unspecified atom stereocenters. The molecule has 4 N–H and O–H groups in total. The molecular formula is C20H17N7O2S. The highest BCUT2D eigenvalue weighted by Crippen LogP contribution is 2.27. The van der Waals surface area contributed by atoms with Gasteiger partial charge in [-0.2, -0.15) is 15.1 Å². The maximum absolute atomic E-state index is 11.6. The van der Waals surface area contributed by atoms with Crippen LogP contribution in [0.2, 0.25) is 0 Å². The van der Waals surface area contributed by atoms with Gasteiger partial charge in [0.05, 0.1) is 22.0 Å². The average Bonchev–Trinajstić information content (AvgIpc) is 3.36. The second-order valence-corrected chi connectivity index (χ2v) is 8.87. The Morgan fingerprint density at radius 3 is 2.53 bits per heavy atom. The number of benzene rings is 2. The number of hydrogen-bond acceptors (Lipinski definition) is 7. The summed E-state index contributed by atoms with van der Waals surface area (Å²) in [6.45, 7) is 0. The van der Waals surface area contributed by atoms with Gasteiger partial charge < -0.3 is 15.6 Å². The smallest absolute Gasteiger partial charge is 0.231 e. The van der Waals surface area contributed by atoms with Gasteiger partial charge in [0.2, 0.25) is 5.95 Å². The Morgan fingerprint density at radius 1 is 0.933 bits per heavy atom. The van der Waals surface area contributed by atoms with Gasteiger partial charge in [0.25, 0.3) is 0 Å². The summed E-state index contributed by atoms with van der Waals surface area (Å²) in [6, 6.07) is 14.2. The van der Waals surface area contributed by atoms with Gasteiger partial charge in [-0.1, -0.05) is 0 Å². The molecule has 5 rings (SSSR count). The number of anilines is 4. The van der Waals surface area contributed by atoms with Crippen LogP contribution in [0.1, 0.15) is 0 Å². The predicted octanol–water partition coefficient (Wildman–Crippen LogP) is 3.72. The quantitative estimate of drug-likeness (QED) is 0.342. The van der Waals surface area contributed by atoms with Gasteiger partial charge in [-0.15, -0.1) is 0 Å². The SMILES string of the molecule is CS(=O)(=O)c1ccc(Nc2nc(Nc3ccc4cn[nH]c4c3)c3cc[nH]c3n2)cc1. The molecule has 0 aliphatic rings. The molecule has 0 saturated heterocycles. The van der Waals surface area contributed by atoms with Crippen LogP contribution in [0.4, 0.5) is 23.1 Å². The third-order valence-electron chi connectivity index (χ3n) is 4.66. The third-order valence-corrected chi connectivity index (χ3v) is 5.79. The first kappa shape index (κ1) is 18.1. The number of aromatic nitrogens is 5. The number of nitrogens with zero attached hydrogens (tertiary/aromatic N) is 3. The van der Waals surface area contributed by atoms with Gasteiger partial charge in [-0.3, -0.25) is 5.10 Å². The number of H-pyrrole nitrogens is 2. The number of hydrogen-bond donors (Lipinski definition) is 4. The van der Waals surface area contributed by atoms with E-state index < -0.39 is 9.84 Å². The van der Waals surface area contributed by atoms with Crippen LogP contribution in [0.25, 0.3) is 21.9 Å². The normalized spacial score (nSPS) is 11.8.